The smallest absolute Gasteiger partial charge is 0.249 e. The lowest BCUT2D eigenvalue weighted by atomic mass is 9.92. The van der Waals surface area contributed by atoms with Crippen LogP contribution < -0.4 is 5.32 Å². The maximum atomic E-state index is 14.6. The molecule has 0 bridgehead atoms. The Bertz CT molecular complexity index is 1060. The van der Waals surface area contributed by atoms with Crippen molar-refractivity contribution < 1.29 is 13.2 Å². The zero-order valence-corrected chi connectivity index (χ0v) is 16.3. The van der Waals surface area contributed by atoms with Gasteiger partial charge in [0.2, 0.25) is 5.95 Å². The summed E-state index contributed by atoms with van der Waals surface area (Å²) in [6, 6.07) is 8.74. The average Bonchev–Trinajstić information content (AvgIpc) is 3.12. The van der Waals surface area contributed by atoms with Gasteiger partial charge in [0, 0.05) is 24.4 Å². The number of aromatic nitrogens is 3. The first-order chi connectivity index (χ1) is 13.8. The first kappa shape index (κ1) is 19.6. The molecule has 3 unspecified atom stereocenters. The molecule has 0 saturated carbocycles. The second-order valence-corrected chi connectivity index (χ2v) is 7.60. The third-order valence-corrected chi connectivity index (χ3v) is 5.43. The minimum absolute atomic E-state index is 0.234. The summed E-state index contributed by atoms with van der Waals surface area (Å²) >= 11 is 6.77. The highest BCUT2D eigenvalue weighted by Gasteiger charge is 2.47. The Kier molecular flexibility index (Phi) is 4.92. The SMILES string of the molecule is Cc1ccc(C(C)NC2n3ncnc3N=CC2(Cl)c2c(F)cc(F)cc2F)cc1. The molecule has 0 saturated heterocycles. The number of hydrogen-bond donors (Lipinski definition) is 1. The molecule has 4 rings (SSSR count). The normalized spacial score (nSPS) is 21.8. The molecule has 1 aliphatic rings. The fraction of sp³-hybridized carbons (Fsp3) is 0.250. The van der Waals surface area contributed by atoms with E-state index in [2.05, 4.69) is 20.4 Å². The van der Waals surface area contributed by atoms with Gasteiger partial charge in [-0.25, -0.2) is 22.8 Å². The van der Waals surface area contributed by atoms with Crippen LogP contribution in [0.1, 0.15) is 35.8 Å². The van der Waals surface area contributed by atoms with E-state index < -0.39 is 34.1 Å². The number of fused-ring (bicyclic) bond motifs is 1. The largest absolute Gasteiger partial charge is 0.287 e. The van der Waals surface area contributed by atoms with Crippen molar-refractivity contribution in [2.75, 3.05) is 0 Å². The molecule has 0 aliphatic carbocycles. The summed E-state index contributed by atoms with van der Waals surface area (Å²) in [4.78, 5) is 6.32. The highest BCUT2D eigenvalue weighted by atomic mass is 35.5. The number of hydrogen-bond acceptors (Lipinski definition) is 4. The van der Waals surface area contributed by atoms with Crippen LogP contribution in [0.3, 0.4) is 0 Å². The van der Waals surface area contributed by atoms with Crippen LogP contribution in [0.5, 0.6) is 0 Å². The molecule has 0 spiro atoms. The minimum atomic E-state index is -1.80. The highest BCUT2D eigenvalue weighted by molar-refractivity contribution is 6.33. The van der Waals surface area contributed by atoms with Crippen molar-refractivity contribution in [3.8, 4) is 0 Å². The van der Waals surface area contributed by atoms with Gasteiger partial charge in [0.25, 0.3) is 0 Å². The molecular formula is C20H17ClF3N5. The summed E-state index contributed by atoms with van der Waals surface area (Å²) in [5, 5.41) is 7.39. The van der Waals surface area contributed by atoms with Crippen molar-refractivity contribution in [1.29, 1.82) is 0 Å². The molecule has 3 aromatic rings. The number of aryl methyl sites for hydroxylation is 1. The van der Waals surface area contributed by atoms with Crippen LogP contribution in [0.15, 0.2) is 47.7 Å². The van der Waals surface area contributed by atoms with Gasteiger partial charge in [-0.05, 0) is 19.4 Å². The Balaban J connectivity index is 1.80. The monoisotopic (exact) mass is 419 g/mol. The minimum Gasteiger partial charge on any atom is -0.287 e. The molecule has 0 fully saturated rings. The molecule has 3 atom stereocenters. The molecule has 5 nitrogen and oxygen atoms in total. The van der Waals surface area contributed by atoms with Gasteiger partial charge < -0.3 is 0 Å². The summed E-state index contributed by atoms with van der Waals surface area (Å²) in [5.41, 5.74) is 1.53. The highest BCUT2D eigenvalue weighted by Crippen LogP contribution is 2.44. The lowest BCUT2D eigenvalue weighted by Gasteiger charge is -2.37. The van der Waals surface area contributed by atoms with Crippen LogP contribution in [0.25, 0.3) is 0 Å². The van der Waals surface area contributed by atoms with Gasteiger partial charge in [0.1, 0.15) is 34.8 Å². The number of alkyl halides is 1. The van der Waals surface area contributed by atoms with Crippen LogP contribution >= 0.6 is 11.6 Å². The predicted octanol–water partition coefficient (Wildman–Crippen LogP) is 4.70. The second kappa shape index (κ2) is 7.27. The molecule has 1 N–H and O–H groups in total. The fourth-order valence-corrected chi connectivity index (χ4v) is 3.79. The van der Waals surface area contributed by atoms with E-state index in [4.69, 9.17) is 11.6 Å². The van der Waals surface area contributed by atoms with Crippen molar-refractivity contribution in [2.24, 2.45) is 4.99 Å². The topological polar surface area (TPSA) is 55.1 Å². The number of halogens is 4. The third-order valence-electron chi connectivity index (χ3n) is 4.94. The molecule has 1 aromatic heterocycles. The Labute approximate surface area is 170 Å². The van der Waals surface area contributed by atoms with Crippen molar-refractivity contribution in [3.05, 3.63) is 76.9 Å². The van der Waals surface area contributed by atoms with Crippen LogP contribution in [0, 0.1) is 24.4 Å². The lowest BCUT2D eigenvalue weighted by molar-refractivity contribution is 0.288. The molecule has 29 heavy (non-hydrogen) atoms. The van der Waals surface area contributed by atoms with Crippen LogP contribution in [0.4, 0.5) is 19.1 Å². The van der Waals surface area contributed by atoms with E-state index in [-0.39, 0.29) is 12.0 Å². The van der Waals surface area contributed by atoms with Crippen molar-refractivity contribution in [2.45, 2.75) is 30.9 Å². The molecule has 0 amide bonds. The summed E-state index contributed by atoms with van der Waals surface area (Å²) in [5.74, 6) is -3.02. The number of nitrogens with zero attached hydrogens (tertiary/aromatic N) is 4. The Morgan fingerprint density at radius 3 is 2.45 bits per heavy atom. The zero-order valence-electron chi connectivity index (χ0n) is 15.6. The van der Waals surface area contributed by atoms with Gasteiger partial charge >= 0.3 is 0 Å². The maximum Gasteiger partial charge on any atom is 0.249 e. The number of benzene rings is 2. The van der Waals surface area contributed by atoms with Gasteiger partial charge in [0.15, 0.2) is 0 Å². The van der Waals surface area contributed by atoms with Gasteiger partial charge in [-0.2, -0.15) is 10.1 Å². The quantitative estimate of drug-likeness (QED) is 0.623. The summed E-state index contributed by atoms with van der Waals surface area (Å²) in [6.45, 7) is 3.87. The number of nitrogens with one attached hydrogen (secondary N) is 1. The van der Waals surface area contributed by atoms with Crippen LogP contribution in [-0.4, -0.2) is 21.0 Å². The molecule has 1 aliphatic heterocycles. The molecule has 150 valence electrons. The first-order valence-corrected chi connectivity index (χ1v) is 9.28. The number of aliphatic imine (C=N–C) groups is 1. The Hall–Kier alpha value is -2.71. The summed E-state index contributed by atoms with van der Waals surface area (Å²) in [7, 11) is 0. The van der Waals surface area contributed by atoms with Crippen molar-refractivity contribution >= 4 is 23.8 Å². The third kappa shape index (κ3) is 3.42. The maximum absolute atomic E-state index is 14.6. The van der Waals surface area contributed by atoms with E-state index in [0.717, 1.165) is 11.1 Å². The lowest BCUT2D eigenvalue weighted by Crippen LogP contribution is -2.46. The molecule has 0 radical (unpaired) electrons. The van der Waals surface area contributed by atoms with E-state index in [9.17, 15) is 13.2 Å². The Morgan fingerprint density at radius 1 is 1.14 bits per heavy atom. The zero-order chi connectivity index (χ0) is 20.8. The van der Waals surface area contributed by atoms with Crippen molar-refractivity contribution in [1.82, 2.24) is 20.1 Å². The van der Waals surface area contributed by atoms with Gasteiger partial charge in [0.05, 0.1) is 5.56 Å². The van der Waals surface area contributed by atoms with Gasteiger partial charge in [-0.3, -0.25) is 5.32 Å². The second-order valence-electron chi connectivity index (χ2n) is 6.98. The predicted molar refractivity (Wildman–Crippen MR) is 104 cm³/mol. The van der Waals surface area contributed by atoms with E-state index in [1.54, 1.807) is 0 Å². The van der Waals surface area contributed by atoms with Crippen LogP contribution in [0.2, 0.25) is 0 Å². The standard InChI is InChI=1S/C20H17ClF3N5/c1-11-3-5-13(6-4-11)12(2)28-18-20(21,9-25-19-26-10-27-29(18)19)17-15(23)7-14(22)8-16(17)24/h3-10,12,18,28H,1-2H3. The fourth-order valence-electron chi connectivity index (χ4n) is 3.41. The summed E-state index contributed by atoms with van der Waals surface area (Å²) in [6.07, 6.45) is 1.54. The Morgan fingerprint density at radius 2 is 1.79 bits per heavy atom. The van der Waals surface area contributed by atoms with E-state index in [1.165, 1.54) is 17.2 Å². The van der Waals surface area contributed by atoms with E-state index in [0.29, 0.717) is 12.1 Å². The van der Waals surface area contributed by atoms with Crippen LogP contribution in [-0.2, 0) is 4.87 Å². The molecule has 2 aromatic carbocycles. The first-order valence-electron chi connectivity index (χ1n) is 8.91. The molecule has 2 heterocycles. The molecule has 9 heteroatoms. The average molecular weight is 420 g/mol. The number of rotatable bonds is 4. The van der Waals surface area contributed by atoms with E-state index >= 15 is 0 Å². The van der Waals surface area contributed by atoms with Gasteiger partial charge in [-0.15, -0.1) is 11.6 Å². The van der Waals surface area contributed by atoms with E-state index in [1.807, 2.05) is 38.1 Å². The molecular weight excluding hydrogens is 403 g/mol. The van der Waals surface area contributed by atoms with Crippen molar-refractivity contribution in [3.63, 3.8) is 0 Å². The van der Waals surface area contributed by atoms with Gasteiger partial charge in [-0.1, -0.05) is 29.8 Å². The summed E-state index contributed by atoms with van der Waals surface area (Å²) < 4.78 is 44.1.